The summed E-state index contributed by atoms with van der Waals surface area (Å²) in [6, 6.07) is 23.8. The van der Waals surface area contributed by atoms with Gasteiger partial charge < -0.3 is 24.8 Å². The number of benzene rings is 4. The number of alkyl halides is 6. The maximum atomic E-state index is 13.7. The fourth-order valence-corrected chi connectivity index (χ4v) is 20.0. The molecule has 6 rings (SSSR count). The summed E-state index contributed by atoms with van der Waals surface area (Å²) in [7, 11) is 0. The van der Waals surface area contributed by atoms with Crippen LogP contribution in [0.4, 0.5) is 26.3 Å². The van der Waals surface area contributed by atoms with E-state index in [1.807, 2.05) is 6.08 Å². The third-order valence-electron chi connectivity index (χ3n) is 9.43. The third kappa shape index (κ3) is 7.85. The van der Waals surface area contributed by atoms with E-state index < -0.39 is 44.4 Å². The molecule has 0 nitrogen and oxygen atoms in total. The van der Waals surface area contributed by atoms with Crippen molar-refractivity contribution in [1.82, 2.24) is 0 Å². The molecule has 4 aromatic carbocycles. The van der Waals surface area contributed by atoms with Crippen molar-refractivity contribution in [3.05, 3.63) is 151 Å². The number of allylic oxidation sites excluding steroid dienone is 4. The molecule has 2 aliphatic carbocycles. The van der Waals surface area contributed by atoms with E-state index in [1.54, 1.807) is 0 Å². The third-order valence-corrected chi connectivity index (χ3v) is 21.6. The zero-order chi connectivity index (χ0) is 34.8. The van der Waals surface area contributed by atoms with E-state index in [4.69, 9.17) is 0 Å². The molecule has 0 radical (unpaired) electrons. The zero-order valence-electron chi connectivity index (χ0n) is 28.6. The van der Waals surface area contributed by atoms with Gasteiger partial charge in [-0.1, -0.05) is 0 Å². The second-order valence-electron chi connectivity index (χ2n) is 14.8. The van der Waals surface area contributed by atoms with E-state index in [2.05, 4.69) is 90.1 Å². The first-order valence-corrected chi connectivity index (χ1v) is 21.8. The van der Waals surface area contributed by atoms with Crippen LogP contribution in [0.2, 0.25) is 0 Å². The second kappa shape index (κ2) is 14.4. The van der Waals surface area contributed by atoms with Crippen LogP contribution >= 0.6 is 0 Å². The number of fused-ring (bicyclic) bond motifs is 3. The van der Waals surface area contributed by atoms with E-state index in [9.17, 15) is 26.3 Å². The maximum Gasteiger partial charge on any atom is -1.00 e. The summed E-state index contributed by atoms with van der Waals surface area (Å²) in [5, 5.41) is 0. The van der Waals surface area contributed by atoms with Gasteiger partial charge in [0.05, 0.1) is 0 Å². The van der Waals surface area contributed by atoms with Crippen molar-refractivity contribution in [2.45, 2.75) is 74.8 Å². The van der Waals surface area contributed by atoms with Crippen LogP contribution < -0.4 is 24.8 Å². The van der Waals surface area contributed by atoms with Crippen LogP contribution in [0.25, 0.3) is 11.1 Å². The average molecular weight is 894 g/mol. The topological polar surface area (TPSA) is 0 Å². The van der Waals surface area contributed by atoms with Gasteiger partial charge in [-0.05, 0) is 0 Å². The van der Waals surface area contributed by atoms with Gasteiger partial charge in [-0.15, -0.1) is 0 Å². The molecule has 0 amide bonds. The summed E-state index contributed by atoms with van der Waals surface area (Å²) in [4.78, 5) is 0. The summed E-state index contributed by atoms with van der Waals surface area (Å²) < 4.78 is 84.3. The van der Waals surface area contributed by atoms with Crippen LogP contribution in [0.5, 0.6) is 0 Å². The second-order valence-corrected chi connectivity index (χ2v) is 24.0. The van der Waals surface area contributed by atoms with E-state index in [1.165, 1.54) is 61.0 Å². The molecule has 0 fully saturated rings. The van der Waals surface area contributed by atoms with Crippen molar-refractivity contribution < 1.29 is 72.1 Å². The van der Waals surface area contributed by atoms with Crippen molar-refractivity contribution in [2.24, 2.45) is 0 Å². The minimum Gasteiger partial charge on any atom is -1.00 e. The van der Waals surface area contributed by atoms with Gasteiger partial charge >= 0.3 is 287 Å². The Kier molecular flexibility index (Phi) is 11.5. The van der Waals surface area contributed by atoms with Gasteiger partial charge in [0.25, 0.3) is 0 Å². The number of hydrogen-bond donors (Lipinski definition) is 0. The molecule has 0 spiro atoms. The van der Waals surface area contributed by atoms with Gasteiger partial charge in [0, 0.05) is 0 Å². The Morgan fingerprint density at radius 3 is 1.26 bits per heavy atom. The van der Waals surface area contributed by atoms with E-state index in [0.29, 0.717) is 17.5 Å². The molecule has 50 heavy (non-hydrogen) atoms. The number of halogens is 8. The molecule has 4 aromatic rings. The Bertz CT molecular complexity index is 1850. The van der Waals surface area contributed by atoms with Crippen molar-refractivity contribution >= 4 is 3.26 Å². The summed E-state index contributed by atoms with van der Waals surface area (Å²) in [5.74, 6) is 0. The van der Waals surface area contributed by atoms with Crippen molar-refractivity contribution in [3.8, 4) is 11.1 Å². The van der Waals surface area contributed by atoms with Gasteiger partial charge in [0.2, 0.25) is 0 Å². The zero-order valence-corrected chi connectivity index (χ0v) is 33.7. The molecular weight excluding hydrogens is 856 g/mol. The predicted octanol–water partition coefficient (Wildman–Crippen LogP) is 6.13. The summed E-state index contributed by atoms with van der Waals surface area (Å²) in [5.41, 5.74) is 6.70. The average Bonchev–Trinajstić information content (AvgIpc) is 3.65. The van der Waals surface area contributed by atoms with Crippen LogP contribution in [-0.4, -0.2) is 3.26 Å². The molecule has 0 unspecified atom stereocenters. The first-order valence-electron chi connectivity index (χ1n) is 16.1. The van der Waals surface area contributed by atoms with Gasteiger partial charge in [-0.25, -0.2) is 0 Å². The van der Waals surface area contributed by atoms with Crippen molar-refractivity contribution in [3.63, 3.8) is 0 Å². The SMILES string of the molecule is CC(C)(C)c1ccc2c(c1)-c1cc(C(C)(C)C)ccc1[CH]2[Hf+2]([C]1=CC=CC1)=[C](c1ccc(C(F)(F)F)cc1)c1ccc(C(F)(F)F)cc1.[Cl-].[Cl-]. The molecule has 262 valence electrons. The fraction of sp³-hybridized carbons (Fsp3) is 0.293. The molecule has 0 saturated heterocycles. The summed E-state index contributed by atoms with van der Waals surface area (Å²) in [6.07, 6.45) is -2.03. The molecule has 0 aromatic heterocycles. The molecule has 0 bridgehead atoms. The van der Waals surface area contributed by atoms with Crippen LogP contribution in [0, 0.1) is 0 Å². The van der Waals surface area contributed by atoms with Crippen LogP contribution in [0.3, 0.4) is 0 Å². The molecule has 0 N–H and O–H groups in total. The Labute approximate surface area is 310 Å². The Morgan fingerprint density at radius 2 is 0.940 bits per heavy atom. The fourth-order valence-electron chi connectivity index (χ4n) is 6.76. The molecular formula is C41H38Cl2F6Hf. The standard InChI is InChI=1S/C21H25.C15H8F6.C5H5.2ClH.Hf/c1-20(2,3)16-9-7-14-11-15-8-10-17(21(4,5)6)13-19(15)18(14)12-16;16-14(17,18)12-5-1-10(2-6-12)9-11-3-7-13(8-4-11)15(19,20)21;1-2-4-5-3-1;;;/h7-13H,1-6H3;1-8H;1-3H,4H2;2*1H;/q;;;;;+2/p-2. The largest absolute Gasteiger partial charge is 1.00 e. The van der Waals surface area contributed by atoms with E-state index in [-0.39, 0.29) is 39.3 Å². The first kappa shape index (κ1) is 40.0. The van der Waals surface area contributed by atoms with Crippen LogP contribution in [-0.2, 0) is 44.1 Å². The normalized spacial score (nSPS) is 14.2. The molecule has 0 aliphatic heterocycles. The van der Waals surface area contributed by atoms with Crippen molar-refractivity contribution in [1.29, 1.82) is 0 Å². The van der Waals surface area contributed by atoms with E-state index in [0.717, 1.165) is 27.5 Å². The molecule has 9 heteroatoms. The monoisotopic (exact) mass is 894 g/mol. The molecule has 2 aliphatic rings. The minimum atomic E-state index is -4.51. The van der Waals surface area contributed by atoms with Crippen LogP contribution in [0.15, 0.2) is 106 Å². The predicted molar refractivity (Wildman–Crippen MR) is 179 cm³/mol. The quantitative estimate of drug-likeness (QED) is 0.171. The van der Waals surface area contributed by atoms with Gasteiger partial charge in [-0.2, -0.15) is 0 Å². The van der Waals surface area contributed by atoms with E-state index >= 15 is 0 Å². The van der Waals surface area contributed by atoms with Crippen LogP contribution in [0.1, 0.15) is 96.1 Å². The first-order chi connectivity index (χ1) is 22.3. The molecule has 0 heterocycles. The maximum absolute atomic E-state index is 13.7. The van der Waals surface area contributed by atoms with Gasteiger partial charge in [0.1, 0.15) is 0 Å². The van der Waals surface area contributed by atoms with Gasteiger partial charge in [-0.3, -0.25) is 0 Å². The Morgan fingerprint density at radius 1 is 0.560 bits per heavy atom. The number of rotatable bonds is 4. The summed E-state index contributed by atoms with van der Waals surface area (Å²) in [6.45, 7) is 13.1. The minimum absolute atomic E-state index is 0. The van der Waals surface area contributed by atoms with Gasteiger partial charge in [0.15, 0.2) is 0 Å². The van der Waals surface area contributed by atoms with Crippen molar-refractivity contribution in [2.75, 3.05) is 0 Å². The molecule has 0 atom stereocenters. The Balaban J connectivity index is 0.00000281. The summed E-state index contributed by atoms with van der Waals surface area (Å²) >= 11 is -3.57. The number of hydrogen-bond acceptors (Lipinski definition) is 0. The Hall–Kier alpha value is -2.74. The smallest absolute Gasteiger partial charge is 1.00 e. The molecule has 0 saturated carbocycles.